The van der Waals surface area contributed by atoms with E-state index in [9.17, 15) is 4.79 Å². The molecule has 0 radical (unpaired) electrons. The molecule has 3 rings (SSSR count). The van der Waals surface area contributed by atoms with Crippen LogP contribution in [0.1, 0.15) is 11.8 Å². The number of nitrogens with one attached hydrogen (secondary N) is 1. The molecule has 0 aliphatic carbocycles. The van der Waals surface area contributed by atoms with Crippen molar-refractivity contribution in [1.29, 1.82) is 0 Å². The molecule has 1 aromatic carbocycles. The lowest BCUT2D eigenvalue weighted by molar-refractivity contribution is -0.119. The SMILES string of the molecule is CC(Cc1cccs1)C(=O)Nc1ccc2c(c1)ncn2CCO. The van der Waals surface area contributed by atoms with Crippen LogP contribution in [-0.2, 0) is 17.8 Å². The topological polar surface area (TPSA) is 67.2 Å². The number of hydrogen-bond acceptors (Lipinski definition) is 4. The Hall–Kier alpha value is -2.18. The molecule has 6 heteroatoms. The summed E-state index contributed by atoms with van der Waals surface area (Å²) in [5, 5.41) is 14.0. The molecule has 1 unspecified atom stereocenters. The molecule has 2 N–H and O–H groups in total. The number of nitrogens with zero attached hydrogens (tertiary/aromatic N) is 2. The smallest absolute Gasteiger partial charge is 0.227 e. The highest BCUT2D eigenvalue weighted by Gasteiger charge is 2.15. The number of imidazole rings is 1. The van der Waals surface area contributed by atoms with E-state index in [1.54, 1.807) is 17.7 Å². The summed E-state index contributed by atoms with van der Waals surface area (Å²) in [4.78, 5) is 17.8. The van der Waals surface area contributed by atoms with Gasteiger partial charge >= 0.3 is 0 Å². The van der Waals surface area contributed by atoms with Gasteiger partial charge in [-0.25, -0.2) is 4.98 Å². The van der Waals surface area contributed by atoms with Gasteiger partial charge in [-0.1, -0.05) is 13.0 Å². The Balaban J connectivity index is 1.69. The van der Waals surface area contributed by atoms with Gasteiger partial charge in [-0.15, -0.1) is 11.3 Å². The molecule has 2 aromatic heterocycles. The van der Waals surface area contributed by atoms with Crippen molar-refractivity contribution in [3.05, 3.63) is 46.9 Å². The van der Waals surface area contributed by atoms with Crippen LogP contribution >= 0.6 is 11.3 Å². The minimum Gasteiger partial charge on any atom is -0.395 e. The van der Waals surface area contributed by atoms with E-state index in [0.717, 1.165) is 23.1 Å². The van der Waals surface area contributed by atoms with Crippen LogP contribution in [0.25, 0.3) is 11.0 Å². The minimum atomic E-state index is -0.0868. The summed E-state index contributed by atoms with van der Waals surface area (Å²) in [6, 6.07) is 9.69. The average molecular weight is 329 g/mol. The van der Waals surface area contributed by atoms with Crippen molar-refractivity contribution < 1.29 is 9.90 Å². The van der Waals surface area contributed by atoms with Crippen LogP contribution in [0.2, 0.25) is 0 Å². The molecule has 0 saturated carbocycles. The molecule has 0 aliphatic heterocycles. The molecular formula is C17H19N3O2S. The first-order valence-electron chi connectivity index (χ1n) is 7.56. The normalized spacial score (nSPS) is 12.4. The Morgan fingerprint density at radius 2 is 2.30 bits per heavy atom. The number of carbonyl (C=O) groups excluding carboxylic acids is 1. The van der Waals surface area contributed by atoms with Gasteiger partial charge in [0.2, 0.25) is 5.91 Å². The van der Waals surface area contributed by atoms with E-state index in [2.05, 4.69) is 10.3 Å². The Labute approximate surface area is 138 Å². The van der Waals surface area contributed by atoms with E-state index in [1.165, 1.54) is 4.88 Å². The molecule has 0 spiro atoms. The molecule has 5 nitrogen and oxygen atoms in total. The highest BCUT2D eigenvalue weighted by atomic mass is 32.1. The fourth-order valence-electron chi connectivity index (χ4n) is 2.52. The molecular weight excluding hydrogens is 310 g/mol. The average Bonchev–Trinajstić information content (AvgIpc) is 3.17. The van der Waals surface area contributed by atoms with Crippen molar-refractivity contribution >= 4 is 34.0 Å². The lowest BCUT2D eigenvalue weighted by atomic mass is 10.1. The van der Waals surface area contributed by atoms with E-state index >= 15 is 0 Å². The fourth-order valence-corrected chi connectivity index (χ4v) is 3.35. The number of fused-ring (bicyclic) bond motifs is 1. The Morgan fingerprint density at radius 3 is 3.04 bits per heavy atom. The van der Waals surface area contributed by atoms with E-state index in [-0.39, 0.29) is 18.4 Å². The molecule has 0 fully saturated rings. The number of thiophene rings is 1. The van der Waals surface area contributed by atoms with Crippen LogP contribution in [0.3, 0.4) is 0 Å². The maximum Gasteiger partial charge on any atom is 0.227 e. The van der Waals surface area contributed by atoms with Crippen molar-refractivity contribution in [1.82, 2.24) is 9.55 Å². The molecule has 23 heavy (non-hydrogen) atoms. The standard InChI is InChI=1S/C17H19N3O2S/c1-12(9-14-3-2-8-23-14)17(22)19-13-4-5-16-15(10-13)18-11-20(16)6-7-21/h2-5,8,10-12,21H,6-7,9H2,1H3,(H,19,22). The van der Waals surface area contributed by atoms with Gasteiger partial charge < -0.3 is 15.0 Å². The molecule has 3 aromatic rings. The minimum absolute atomic E-state index is 0.00698. The first-order valence-corrected chi connectivity index (χ1v) is 8.44. The third kappa shape index (κ3) is 3.60. The van der Waals surface area contributed by atoms with Crippen molar-refractivity contribution in [2.24, 2.45) is 5.92 Å². The zero-order chi connectivity index (χ0) is 16.2. The Kier molecular flexibility index (Phi) is 4.73. The van der Waals surface area contributed by atoms with Gasteiger partial charge in [0.05, 0.1) is 24.0 Å². The van der Waals surface area contributed by atoms with Crippen LogP contribution < -0.4 is 5.32 Å². The Bertz CT molecular complexity index is 795. The van der Waals surface area contributed by atoms with Gasteiger partial charge in [0.15, 0.2) is 0 Å². The maximum atomic E-state index is 12.3. The number of rotatable bonds is 6. The maximum absolute atomic E-state index is 12.3. The number of hydrogen-bond donors (Lipinski definition) is 2. The lowest BCUT2D eigenvalue weighted by Crippen LogP contribution is -2.21. The predicted molar refractivity (Wildman–Crippen MR) is 92.6 cm³/mol. The van der Waals surface area contributed by atoms with Crippen molar-refractivity contribution in [3.8, 4) is 0 Å². The number of aliphatic hydroxyl groups excluding tert-OH is 1. The van der Waals surface area contributed by atoms with E-state index in [4.69, 9.17) is 5.11 Å². The van der Waals surface area contributed by atoms with Gasteiger partial charge in [0.25, 0.3) is 0 Å². The summed E-state index contributed by atoms with van der Waals surface area (Å²) in [6.45, 7) is 2.52. The van der Waals surface area contributed by atoms with Crippen LogP contribution in [0.5, 0.6) is 0 Å². The highest BCUT2D eigenvalue weighted by molar-refractivity contribution is 7.09. The molecule has 1 atom stereocenters. The summed E-state index contributed by atoms with van der Waals surface area (Å²) in [6.07, 6.45) is 2.45. The van der Waals surface area contributed by atoms with E-state index in [0.29, 0.717) is 6.54 Å². The fraction of sp³-hybridized carbons (Fsp3) is 0.294. The summed E-state index contributed by atoms with van der Waals surface area (Å²) in [5.41, 5.74) is 2.50. The summed E-state index contributed by atoms with van der Waals surface area (Å²) in [5.74, 6) is -0.0798. The summed E-state index contributed by atoms with van der Waals surface area (Å²) < 4.78 is 1.89. The van der Waals surface area contributed by atoms with Crippen LogP contribution in [-0.4, -0.2) is 27.2 Å². The van der Waals surface area contributed by atoms with E-state index in [1.807, 2.05) is 47.2 Å². The molecule has 0 aliphatic rings. The largest absolute Gasteiger partial charge is 0.395 e. The van der Waals surface area contributed by atoms with Crippen LogP contribution in [0.4, 0.5) is 5.69 Å². The number of benzene rings is 1. The molecule has 120 valence electrons. The molecule has 0 bridgehead atoms. The van der Waals surface area contributed by atoms with Gasteiger partial charge in [-0.3, -0.25) is 4.79 Å². The summed E-state index contributed by atoms with van der Waals surface area (Å²) >= 11 is 1.67. The predicted octanol–water partition coefficient (Wildman–Crippen LogP) is 2.91. The first-order chi connectivity index (χ1) is 11.2. The zero-order valence-electron chi connectivity index (χ0n) is 12.9. The third-order valence-corrected chi connectivity index (χ3v) is 4.66. The van der Waals surface area contributed by atoms with Gasteiger partial charge in [-0.05, 0) is 36.1 Å². The van der Waals surface area contributed by atoms with Gasteiger partial charge in [0, 0.05) is 23.0 Å². The number of carbonyl (C=O) groups is 1. The third-order valence-electron chi connectivity index (χ3n) is 3.76. The number of anilines is 1. The van der Waals surface area contributed by atoms with Gasteiger partial charge in [0.1, 0.15) is 0 Å². The van der Waals surface area contributed by atoms with Crippen LogP contribution in [0.15, 0.2) is 42.0 Å². The first kappa shape index (κ1) is 15.7. The molecule has 0 saturated heterocycles. The van der Waals surface area contributed by atoms with Gasteiger partial charge in [-0.2, -0.15) is 0 Å². The quantitative estimate of drug-likeness (QED) is 0.731. The van der Waals surface area contributed by atoms with Crippen molar-refractivity contribution in [2.45, 2.75) is 19.9 Å². The number of aromatic nitrogens is 2. The second-order valence-corrected chi connectivity index (χ2v) is 6.57. The van der Waals surface area contributed by atoms with E-state index < -0.39 is 0 Å². The lowest BCUT2D eigenvalue weighted by Gasteiger charge is -2.11. The number of aliphatic hydroxyl groups is 1. The second kappa shape index (κ2) is 6.93. The van der Waals surface area contributed by atoms with Crippen LogP contribution in [0, 0.1) is 5.92 Å². The number of amides is 1. The molecule has 2 heterocycles. The Morgan fingerprint density at radius 1 is 1.43 bits per heavy atom. The molecule has 1 amide bonds. The highest BCUT2D eigenvalue weighted by Crippen LogP contribution is 2.20. The zero-order valence-corrected chi connectivity index (χ0v) is 13.7. The second-order valence-electron chi connectivity index (χ2n) is 5.54. The van der Waals surface area contributed by atoms with Crippen molar-refractivity contribution in [3.63, 3.8) is 0 Å². The monoisotopic (exact) mass is 329 g/mol. The van der Waals surface area contributed by atoms with Crippen molar-refractivity contribution in [2.75, 3.05) is 11.9 Å². The summed E-state index contributed by atoms with van der Waals surface area (Å²) in [7, 11) is 0.